The minimum Gasteiger partial charge on any atom is -0.384 e. The van der Waals surface area contributed by atoms with Gasteiger partial charge in [0.2, 0.25) is 0 Å². The molecule has 2 heterocycles. The predicted octanol–water partition coefficient (Wildman–Crippen LogP) is 1.78. The average Bonchev–Trinajstić information content (AvgIpc) is 2.92. The second-order valence-electron chi connectivity index (χ2n) is 5.41. The van der Waals surface area contributed by atoms with E-state index in [-0.39, 0.29) is 16.3 Å². The molecule has 0 spiro atoms. The first-order chi connectivity index (χ1) is 9.29. The Balaban J connectivity index is 2.29. The molecular formula is C13H17ClN2O4. The van der Waals surface area contributed by atoms with E-state index in [1.807, 2.05) is 13.8 Å². The fourth-order valence-corrected chi connectivity index (χ4v) is 2.24. The quantitative estimate of drug-likeness (QED) is 0.917. The number of rotatable bonds is 4. The predicted molar refractivity (Wildman–Crippen MR) is 73.5 cm³/mol. The number of anilines is 1. The molecule has 110 valence electrons. The van der Waals surface area contributed by atoms with Crippen molar-refractivity contribution in [3.63, 3.8) is 0 Å². The second kappa shape index (κ2) is 5.20. The number of hydrogen-bond acceptors (Lipinski definition) is 5. The highest BCUT2D eigenvalue weighted by Gasteiger charge is 2.38. The van der Waals surface area contributed by atoms with E-state index < -0.39 is 12.1 Å². The van der Waals surface area contributed by atoms with Crippen molar-refractivity contribution in [3.05, 3.63) is 22.4 Å². The Hall–Kier alpha value is -1.37. The third kappa shape index (κ3) is 2.34. The maximum Gasteiger partial charge on any atom is 0.273 e. The van der Waals surface area contributed by atoms with E-state index >= 15 is 0 Å². The van der Waals surface area contributed by atoms with Crippen molar-refractivity contribution in [3.8, 4) is 0 Å². The molecule has 0 radical (unpaired) electrons. The molecule has 1 aliphatic heterocycles. The first-order valence-electron chi connectivity index (χ1n) is 6.13. The standard InChI is InChI=1S/C13H17ClN2O4/c1-7-10(14)12(18)16(11(7)17)9-5-8(20-15-9)13(2,3)6-19-4/h5,11,17H,6H2,1-4H3. The molecule has 1 aromatic rings. The summed E-state index contributed by atoms with van der Waals surface area (Å²) in [6.07, 6.45) is -1.11. The van der Waals surface area contributed by atoms with Gasteiger partial charge < -0.3 is 14.4 Å². The van der Waals surface area contributed by atoms with Gasteiger partial charge in [-0.1, -0.05) is 30.6 Å². The van der Waals surface area contributed by atoms with Gasteiger partial charge in [0.05, 0.1) is 6.61 Å². The number of amides is 1. The molecule has 6 nitrogen and oxygen atoms in total. The largest absolute Gasteiger partial charge is 0.384 e. The van der Waals surface area contributed by atoms with Gasteiger partial charge in [-0.05, 0) is 6.92 Å². The van der Waals surface area contributed by atoms with Gasteiger partial charge in [0.15, 0.2) is 12.0 Å². The third-order valence-corrected chi connectivity index (χ3v) is 3.76. The van der Waals surface area contributed by atoms with E-state index in [1.165, 1.54) is 0 Å². The molecule has 1 unspecified atom stereocenters. The van der Waals surface area contributed by atoms with Crippen LogP contribution < -0.4 is 4.90 Å². The molecule has 7 heteroatoms. The summed E-state index contributed by atoms with van der Waals surface area (Å²) >= 11 is 5.85. The van der Waals surface area contributed by atoms with Crippen LogP contribution in [0.2, 0.25) is 0 Å². The molecule has 1 atom stereocenters. The van der Waals surface area contributed by atoms with Crippen molar-refractivity contribution in [1.29, 1.82) is 0 Å². The smallest absolute Gasteiger partial charge is 0.273 e. The molecule has 2 rings (SSSR count). The Morgan fingerprint density at radius 2 is 2.25 bits per heavy atom. The van der Waals surface area contributed by atoms with Crippen LogP contribution in [-0.4, -0.2) is 36.1 Å². The number of aliphatic hydroxyl groups excluding tert-OH is 1. The first-order valence-corrected chi connectivity index (χ1v) is 6.51. The highest BCUT2D eigenvalue weighted by Crippen LogP contribution is 2.33. The molecule has 1 amide bonds. The summed E-state index contributed by atoms with van der Waals surface area (Å²) < 4.78 is 10.4. The minimum atomic E-state index is -1.11. The Morgan fingerprint density at radius 3 is 2.75 bits per heavy atom. The number of aromatic nitrogens is 1. The molecule has 0 saturated heterocycles. The maximum absolute atomic E-state index is 12.0. The molecule has 0 saturated carbocycles. The van der Waals surface area contributed by atoms with Crippen molar-refractivity contribution in [2.75, 3.05) is 18.6 Å². The molecule has 0 aromatic carbocycles. The summed E-state index contributed by atoms with van der Waals surface area (Å²) in [6.45, 7) is 5.90. The summed E-state index contributed by atoms with van der Waals surface area (Å²) in [5, 5.41) is 13.9. The molecular weight excluding hydrogens is 284 g/mol. The summed E-state index contributed by atoms with van der Waals surface area (Å²) in [7, 11) is 1.60. The summed E-state index contributed by atoms with van der Waals surface area (Å²) in [5.41, 5.74) is 0.0114. The van der Waals surface area contributed by atoms with Gasteiger partial charge in [0, 0.05) is 24.2 Å². The number of ether oxygens (including phenoxy) is 1. The van der Waals surface area contributed by atoms with E-state index in [1.54, 1.807) is 20.1 Å². The topological polar surface area (TPSA) is 75.8 Å². The van der Waals surface area contributed by atoms with Crippen LogP contribution in [0.25, 0.3) is 0 Å². The summed E-state index contributed by atoms with van der Waals surface area (Å²) in [5.74, 6) is 0.313. The van der Waals surface area contributed by atoms with E-state index in [9.17, 15) is 9.90 Å². The monoisotopic (exact) mass is 300 g/mol. The summed E-state index contributed by atoms with van der Waals surface area (Å²) in [4.78, 5) is 13.1. The van der Waals surface area contributed by atoms with Crippen LogP contribution in [0.5, 0.6) is 0 Å². The van der Waals surface area contributed by atoms with Gasteiger partial charge in [-0.25, -0.2) is 0 Å². The molecule has 1 aromatic heterocycles. The molecule has 0 fully saturated rings. The summed E-state index contributed by atoms with van der Waals surface area (Å²) in [6, 6.07) is 1.61. The van der Waals surface area contributed by atoms with Gasteiger partial charge in [-0.2, -0.15) is 0 Å². The van der Waals surface area contributed by atoms with Crippen LogP contribution in [0, 0.1) is 0 Å². The van der Waals surface area contributed by atoms with E-state index in [0.29, 0.717) is 17.9 Å². The molecule has 1 N–H and O–H groups in total. The zero-order chi connectivity index (χ0) is 15.1. The zero-order valence-electron chi connectivity index (χ0n) is 11.8. The second-order valence-corrected chi connectivity index (χ2v) is 5.79. The van der Waals surface area contributed by atoms with Gasteiger partial charge in [-0.3, -0.25) is 9.69 Å². The zero-order valence-corrected chi connectivity index (χ0v) is 12.6. The lowest BCUT2D eigenvalue weighted by Crippen LogP contribution is -2.35. The minimum absolute atomic E-state index is 0.0122. The number of aliphatic hydroxyl groups is 1. The third-order valence-electron chi connectivity index (χ3n) is 3.30. The van der Waals surface area contributed by atoms with E-state index in [0.717, 1.165) is 4.90 Å². The fraction of sp³-hybridized carbons (Fsp3) is 0.538. The lowest BCUT2D eigenvalue weighted by atomic mass is 9.91. The molecule has 20 heavy (non-hydrogen) atoms. The number of hydrogen-bond donors (Lipinski definition) is 1. The number of methoxy groups -OCH3 is 1. The lowest BCUT2D eigenvalue weighted by Gasteiger charge is -2.20. The average molecular weight is 301 g/mol. The van der Waals surface area contributed by atoms with Crippen LogP contribution in [0.15, 0.2) is 21.2 Å². The normalized spacial score (nSPS) is 20.2. The van der Waals surface area contributed by atoms with Crippen molar-refractivity contribution in [2.24, 2.45) is 0 Å². The molecule has 0 bridgehead atoms. The van der Waals surface area contributed by atoms with Crippen LogP contribution >= 0.6 is 11.6 Å². The van der Waals surface area contributed by atoms with E-state index in [2.05, 4.69) is 5.16 Å². The van der Waals surface area contributed by atoms with Gasteiger partial charge in [0.1, 0.15) is 10.8 Å². The highest BCUT2D eigenvalue weighted by molar-refractivity contribution is 6.45. The first kappa shape index (κ1) is 15.0. The van der Waals surface area contributed by atoms with Gasteiger partial charge in [-0.15, -0.1) is 0 Å². The van der Waals surface area contributed by atoms with Gasteiger partial charge in [0.25, 0.3) is 5.91 Å². The number of carbonyl (C=O) groups excluding carboxylic acids is 1. The van der Waals surface area contributed by atoms with E-state index in [4.69, 9.17) is 20.9 Å². The van der Waals surface area contributed by atoms with Crippen molar-refractivity contribution < 1.29 is 19.2 Å². The van der Waals surface area contributed by atoms with Crippen molar-refractivity contribution >= 4 is 23.3 Å². The number of nitrogens with zero attached hydrogens (tertiary/aromatic N) is 2. The van der Waals surface area contributed by atoms with Gasteiger partial charge >= 0.3 is 0 Å². The van der Waals surface area contributed by atoms with Crippen LogP contribution in [-0.2, 0) is 14.9 Å². The fourth-order valence-electron chi connectivity index (χ4n) is 2.05. The highest BCUT2D eigenvalue weighted by atomic mass is 35.5. The SMILES string of the molecule is COCC(C)(C)c1cc(N2C(=O)C(Cl)=C(C)C2O)no1. The lowest BCUT2D eigenvalue weighted by molar-refractivity contribution is -0.115. The Labute approximate surface area is 121 Å². The van der Waals surface area contributed by atoms with Crippen molar-refractivity contribution in [1.82, 2.24) is 5.16 Å². The Morgan fingerprint density at radius 1 is 1.60 bits per heavy atom. The number of carbonyl (C=O) groups is 1. The van der Waals surface area contributed by atoms with Crippen molar-refractivity contribution in [2.45, 2.75) is 32.4 Å². The van der Waals surface area contributed by atoms with Crippen LogP contribution in [0.1, 0.15) is 26.5 Å². The maximum atomic E-state index is 12.0. The Bertz CT molecular complexity index is 564. The molecule has 1 aliphatic rings. The van der Waals surface area contributed by atoms with Crippen LogP contribution in [0.3, 0.4) is 0 Å². The Kier molecular flexibility index (Phi) is 3.90. The molecule has 0 aliphatic carbocycles. The van der Waals surface area contributed by atoms with Crippen LogP contribution in [0.4, 0.5) is 5.82 Å². The number of halogens is 1.